The molecule has 4 atom stereocenters. The number of benzene rings is 3. The maximum Gasteiger partial charge on any atom is 0.351 e. The number of amides is 1. The molecule has 1 aliphatic rings. The molecule has 0 radical (unpaired) electrons. The molecule has 46 heavy (non-hydrogen) atoms. The Morgan fingerprint density at radius 2 is 1.48 bits per heavy atom. The number of nitrogens with one attached hydrogen (secondary N) is 1. The third kappa shape index (κ3) is 5.89. The van der Waals surface area contributed by atoms with Crippen molar-refractivity contribution < 1.29 is 38.0 Å². The van der Waals surface area contributed by atoms with E-state index in [2.05, 4.69) is 10.3 Å². The molecule has 5 rings (SSSR count). The van der Waals surface area contributed by atoms with Gasteiger partial charge in [0.2, 0.25) is 5.91 Å². The summed E-state index contributed by atoms with van der Waals surface area (Å²) in [6.45, 7) is 1.81. The normalized spacial score (nSPS) is 21.0. The van der Waals surface area contributed by atoms with Gasteiger partial charge in [0.25, 0.3) is 0 Å². The Morgan fingerprint density at radius 1 is 0.935 bits per heavy atom. The number of aliphatic hydroxyl groups is 1. The Kier molecular flexibility index (Phi) is 9.33. The van der Waals surface area contributed by atoms with Crippen molar-refractivity contribution in [3.63, 3.8) is 0 Å². The summed E-state index contributed by atoms with van der Waals surface area (Å²) < 4.78 is 40.4. The van der Waals surface area contributed by atoms with E-state index in [-0.39, 0.29) is 5.82 Å². The second kappa shape index (κ2) is 13.2. The second-order valence-corrected chi connectivity index (χ2v) is 10.8. The number of carbonyl (C=O) groups excluding carboxylic acids is 2. The zero-order chi connectivity index (χ0) is 33.1. The van der Waals surface area contributed by atoms with Gasteiger partial charge in [0.05, 0.1) is 20.8 Å². The van der Waals surface area contributed by atoms with Gasteiger partial charge >= 0.3 is 5.69 Å². The van der Waals surface area contributed by atoms with E-state index >= 15 is 4.39 Å². The quantitative estimate of drug-likeness (QED) is 0.237. The van der Waals surface area contributed by atoms with Crippen molar-refractivity contribution >= 4 is 17.5 Å². The summed E-state index contributed by atoms with van der Waals surface area (Å²) in [5.74, 6) is -0.194. The summed E-state index contributed by atoms with van der Waals surface area (Å²) in [7, 11) is 3.11. The number of aromatic nitrogens is 2. The summed E-state index contributed by atoms with van der Waals surface area (Å²) in [4.78, 5) is 40.9. The van der Waals surface area contributed by atoms with Crippen LogP contribution < -0.4 is 20.5 Å². The molecule has 0 aliphatic carbocycles. The van der Waals surface area contributed by atoms with Crippen molar-refractivity contribution in [2.24, 2.45) is 0 Å². The van der Waals surface area contributed by atoms with E-state index in [1.54, 1.807) is 38.5 Å². The van der Waals surface area contributed by atoms with Crippen LogP contribution in [0.3, 0.4) is 0 Å². The molecule has 2 heterocycles. The zero-order valence-electron chi connectivity index (χ0n) is 25.7. The lowest BCUT2D eigenvalue weighted by atomic mass is 9.79. The van der Waals surface area contributed by atoms with Crippen LogP contribution in [-0.2, 0) is 24.7 Å². The first-order valence-electron chi connectivity index (χ1n) is 14.4. The van der Waals surface area contributed by atoms with Gasteiger partial charge in [-0.2, -0.15) is 4.98 Å². The van der Waals surface area contributed by atoms with Crippen LogP contribution in [0.1, 0.15) is 36.8 Å². The van der Waals surface area contributed by atoms with Crippen molar-refractivity contribution in [3.05, 3.63) is 118 Å². The number of alkyl halides is 1. The van der Waals surface area contributed by atoms with Crippen molar-refractivity contribution in [1.82, 2.24) is 9.55 Å². The second-order valence-electron chi connectivity index (χ2n) is 10.8. The molecule has 11 nitrogen and oxygen atoms in total. The zero-order valence-corrected chi connectivity index (χ0v) is 25.7. The molecule has 1 fully saturated rings. The summed E-state index contributed by atoms with van der Waals surface area (Å²) in [6.07, 6.45) is -4.46. The fourth-order valence-electron chi connectivity index (χ4n) is 5.66. The maximum absolute atomic E-state index is 16.1. The number of methoxy groups -OCH3 is 2. The summed E-state index contributed by atoms with van der Waals surface area (Å²) >= 11 is 0. The minimum atomic E-state index is -2.68. The van der Waals surface area contributed by atoms with E-state index in [1.807, 2.05) is 54.6 Å². The number of ether oxygens (including phenoxy) is 4. The fourth-order valence-corrected chi connectivity index (χ4v) is 5.66. The predicted octanol–water partition coefficient (Wildman–Crippen LogP) is 3.78. The molecular formula is C34H34FN3O8. The first kappa shape index (κ1) is 32.5. The van der Waals surface area contributed by atoms with E-state index in [4.69, 9.17) is 18.9 Å². The minimum absolute atomic E-state index is 0.0458. The number of nitrogens with zero attached hydrogens (tertiary/aromatic N) is 2. The third-order valence-corrected chi connectivity index (χ3v) is 8.06. The molecule has 0 saturated carbocycles. The van der Waals surface area contributed by atoms with E-state index in [1.165, 1.54) is 19.2 Å². The summed E-state index contributed by atoms with van der Waals surface area (Å²) in [5, 5.41) is 14.0. The predicted molar refractivity (Wildman–Crippen MR) is 166 cm³/mol. The number of hydrogen-bond donors (Lipinski definition) is 2. The number of hydrogen-bond acceptors (Lipinski definition) is 9. The van der Waals surface area contributed by atoms with E-state index in [0.717, 1.165) is 11.5 Å². The molecule has 0 bridgehead atoms. The highest BCUT2D eigenvalue weighted by molar-refractivity contribution is 5.87. The van der Waals surface area contributed by atoms with Crippen LogP contribution >= 0.6 is 0 Å². The Hall–Kier alpha value is -4.91. The maximum atomic E-state index is 16.1. The highest BCUT2D eigenvalue weighted by Crippen LogP contribution is 2.45. The molecule has 1 amide bonds. The van der Waals surface area contributed by atoms with Crippen LogP contribution in [-0.4, -0.2) is 65.1 Å². The van der Waals surface area contributed by atoms with Gasteiger partial charge in [-0.25, -0.2) is 9.18 Å². The molecule has 12 heteroatoms. The highest BCUT2D eigenvalue weighted by Gasteiger charge is 2.61. The number of carbonyl (C=O) groups is 2. The average molecular weight is 632 g/mol. The lowest BCUT2D eigenvalue weighted by Crippen LogP contribution is -2.54. The lowest BCUT2D eigenvalue weighted by Gasteiger charge is -2.38. The van der Waals surface area contributed by atoms with Gasteiger partial charge in [0.15, 0.2) is 23.8 Å². The monoisotopic (exact) mass is 631 g/mol. The van der Waals surface area contributed by atoms with E-state index in [9.17, 15) is 19.5 Å². The van der Waals surface area contributed by atoms with Crippen LogP contribution in [0.15, 0.2) is 95.9 Å². The molecule has 4 aromatic rings. The molecular weight excluding hydrogens is 597 g/mol. The summed E-state index contributed by atoms with van der Waals surface area (Å²) in [6, 6.07) is 24.9. The van der Waals surface area contributed by atoms with Gasteiger partial charge in [-0.1, -0.05) is 54.6 Å². The summed E-state index contributed by atoms with van der Waals surface area (Å²) in [5.41, 5.74) is -2.97. The van der Waals surface area contributed by atoms with Gasteiger partial charge in [-0.3, -0.25) is 14.2 Å². The number of rotatable bonds is 11. The topological polar surface area (TPSA) is 138 Å². The molecule has 1 aromatic heterocycles. The van der Waals surface area contributed by atoms with E-state index < -0.39 is 53.7 Å². The molecule has 0 spiro atoms. The van der Waals surface area contributed by atoms with Crippen molar-refractivity contribution in [3.8, 4) is 11.5 Å². The average Bonchev–Trinajstić information content (AvgIpc) is 3.32. The van der Waals surface area contributed by atoms with Gasteiger partial charge in [0, 0.05) is 13.1 Å². The Bertz CT molecular complexity index is 1700. The SMILES string of the molecule is COc1ccc(C(OC[C@H]2O[C@@H](n3ccc(NC(C)=O)nc3=O)[C@H](F)[C@@]2(O)C(C)=O)(c2ccccc2)c2ccc(OC)cc2)cc1. The van der Waals surface area contributed by atoms with Crippen LogP contribution in [0.25, 0.3) is 0 Å². The Balaban J connectivity index is 1.59. The fraction of sp³-hybridized carbons (Fsp3) is 0.294. The van der Waals surface area contributed by atoms with Crippen LogP contribution in [0.5, 0.6) is 11.5 Å². The van der Waals surface area contributed by atoms with Crippen molar-refractivity contribution in [2.45, 2.75) is 43.6 Å². The van der Waals surface area contributed by atoms with E-state index in [0.29, 0.717) is 28.2 Å². The van der Waals surface area contributed by atoms with Gasteiger partial charge in [-0.15, -0.1) is 0 Å². The third-order valence-electron chi connectivity index (χ3n) is 8.06. The largest absolute Gasteiger partial charge is 0.497 e. The van der Waals surface area contributed by atoms with Crippen LogP contribution in [0.4, 0.5) is 10.2 Å². The van der Waals surface area contributed by atoms with Crippen molar-refractivity contribution in [2.75, 3.05) is 26.1 Å². The van der Waals surface area contributed by atoms with Crippen molar-refractivity contribution in [1.29, 1.82) is 0 Å². The first-order chi connectivity index (χ1) is 22.0. The Morgan fingerprint density at radius 3 is 1.96 bits per heavy atom. The number of halogens is 1. The minimum Gasteiger partial charge on any atom is -0.497 e. The Labute approximate surface area is 264 Å². The molecule has 3 aromatic carbocycles. The standard InChI is InChI=1S/C34H34FN3O8/c1-21(39)33(42)28(46-31(30(33)35)38-19-18-29(36-22(2)40)37-32(38)41)20-45-34(23-8-6-5-7-9-23,24-10-14-26(43-3)15-11-24)25-12-16-27(44-4)17-13-25/h5-19,28,30-31,42H,20H2,1-4H3,(H,36,37,40,41)/t28-,30+,31-,33-/m1/s1. The van der Waals surface area contributed by atoms with Gasteiger partial charge < -0.3 is 29.4 Å². The van der Waals surface area contributed by atoms with Gasteiger partial charge in [-0.05, 0) is 53.9 Å². The molecule has 1 aliphatic heterocycles. The lowest BCUT2D eigenvalue weighted by molar-refractivity contribution is -0.154. The molecule has 240 valence electrons. The smallest absolute Gasteiger partial charge is 0.351 e. The number of Topliss-reactive ketones (excluding diaryl/α,β-unsaturated/α-hetero) is 1. The van der Waals surface area contributed by atoms with Crippen LogP contribution in [0, 0.1) is 0 Å². The first-order valence-corrected chi connectivity index (χ1v) is 14.4. The van der Waals surface area contributed by atoms with Gasteiger partial charge in [0.1, 0.15) is 29.0 Å². The molecule has 0 unspecified atom stereocenters. The highest BCUT2D eigenvalue weighted by atomic mass is 19.1. The number of ketones is 1. The molecule has 1 saturated heterocycles. The number of anilines is 1. The van der Waals surface area contributed by atoms with Crippen LogP contribution in [0.2, 0.25) is 0 Å². The molecule has 2 N–H and O–H groups in total.